The quantitative estimate of drug-likeness (QED) is 0.357. The number of thiophene rings is 1. The Balaban J connectivity index is 2.02. The maximum atomic E-state index is 5.63. The number of rotatable bonds is 11. The Morgan fingerprint density at radius 3 is 2.61 bits per heavy atom. The highest BCUT2D eigenvalue weighted by Gasteiger charge is 2.06. The van der Waals surface area contributed by atoms with E-state index in [1.165, 1.54) is 49.8 Å². The zero-order valence-corrected chi connectivity index (χ0v) is 12.5. The van der Waals surface area contributed by atoms with Crippen LogP contribution in [0.2, 0.25) is 0 Å². The van der Waals surface area contributed by atoms with Crippen molar-refractivity contribution in [2.75, 3.05) is 0 Å². The Morgan fingerprint density at radius 2 is 1.94 bits per heavy atom. The van der Waals surface area contributed by atoms with Crippen LogP contribution >= 0.6 is 11.3 Å². The summed E-state index contributed by atoms with van der Waals surface area (Å²) in [5.74, 6) is 5.63. The van der Waals surface area contributed by atoms with Crippen molar-refractivity contribution in [3.8, 4) is 0 Å². The molecule has 1 rings (SSSR count). The Kier molecular flexibility index (Phi) is 9.17. The number of hydrazine groups is 1. The molecule has 2 nitrogen and oxygen atoms in total. The van der Waals surface area contributed by atoms with Crippen LogP contribution in [0.3, 0.4) is 0 Å². The molecule has 1 unspecified atom stereocenters. The van der Waals surface area contributed by atoms with E-state index in [-0.39, 0.29) is 0 Å². The van der Waals surface area contributed by atoms with Crippen LogP contribution in [0.25, 0.3) is 0 Å². The van der Waals surface area contributed by atoms with Gasteiger partial charge in [-0.25, -0.2) is 0 Å². The fourth-order valence-corrected chi connectivity index (χ4v) is 2.98. The van der Waals surface area contributed by atoms with Crippen LogP contribution < -0.4 is 11.3 Å². The average Bonchev–Trinajstić information content (AvgIpc) is 2.90. The molecule has 3 N–H and O–H groups in total. The van der Waals surface area contributed by atoms with Gasteiger partial charge in [0, 0.05) is 10.9 Å². The lowest BCUT2D eigenvalue weighted by Gasteiger charge is -2.15. The first-order valence-corrected chi connectivity index (χ1v) is 8.23. The van der Waals surface area contributed by atoms with Crippen molar-refractivity contribution in [2.24, 2.45) is 5.84 Å². The minimum atomic E-state index is 0.485. The Morgan fingerprint density at radius 1 is 1.17 bits per heavy atom. The molecule has 0 aliphatic heterocycles. The van der Waals surface area contributed by atoms with E-state index < -0.39 is 0 Å². The number of unbranched alkanes of at least 4 members (excludes halogenated alkanes) is 5. The fourth-order valence-electron chi connectivity index (χ4n) is 2.25. The molecule has 0 bridgehead atoms. The van der Waals surface area contributed by atoms with Gasteiger partial charge >= 0.3 is 0 Å². The minimum absolute atomic E-state index is 0.485. The lowest BCUT2D eigenvalue weighted by molar-refractivity contribution is 0.439. The Hall–Kier alpha value is -0.380. The second kappa shape index (κ2) is 10.5. The molecule has 0 aliphatic carbocycles. The molecule has 1 aromatic rings. The van der Waals surface area contributed by atoms with E-state index in [2.05, 4.69) is 29.9 Å². The lowest BCUT2D eigenvalue weighted by atomic mass is 10.0. The first kappa shape index (κ1) is 15.7. The molecular weight excluding hydrogens is 240 g/mol. The highest BCUT2D eigenvalue weighted by atomic mass is 32.1. The van der Waals surface area contributed by atoms with Crippen molar-refractivity contribution in [2.45, 2.75) is 70.8 Å². The van der Waals surface area contributed by atoms with Crippen LogP contribution in [0, 0.1) is 0 Å². The van der Waals surface area contributed by atoms with Gasteiger partial charge < -0.3 is 0 Å². The highest BCUT2D eigenvalue weighted by Crippen LogP contribution is 2.15. The molecule has 1 aromatic heterocycles. The summed E-state index contributed by atoms with van der Waals surface area (Å²) < 4.78 is 0. The topological polar surface area (TPSA) is 38.0 Å². The van der Waals surface area contributed by atoms with Crippen molar-refractivity contribution >= 4 is 11.3 Å². The van der Waals surface area contributed by atoms with Crippen LogP contribution in [0.1, 0.15) is 63.2 Å². The van der Waals surface area contributed by atoms with Gasteiger partial charge in [-0.3, -0.25) is 11.3 Å². The predicted octanol–water partition coefficient (Wildman–Crippen LogP) is 4.26. The van der Waals surface area contributed by atoms with Crippen molar-refractivity contribution < 1.29 is 0 Å². The summed E-state index contributed by atoms with van der Waals surface area (Å²) >= 11 is 1.84. The van der Waals surface area contributed by atoms with Gasteiger partial charge in [0.2, 0.25) is 0 Å². The number of nitrogens with one attached hydrogen (secondary N) is 1. The summed E-state index contributed by atoms with van der Waals surface area (Å²) in [5.41, 5.74) is 2.97. The van der Waals surface area contributed by atoms with E-state index in [0.717, 1.165) is 12.8 Å². The average molecular weight is 268 g/mol. The molecule has 0 fully saturated rings. The maximum Gasteiger partial charge on any atom is 0.0214 e. The zero-order valence-electron chi connectivity index (χ0n) is 11.7. The van der Waals surface area contributed by atoms with Crippen LogP contribution in [-0.4, -0.2) is 6.04 Å². The number of hydrogen-bond acceptors (Lipinski definition) is 3. The second-order valence-electron chi connectivity index (χ2n) is 5.04. The largest absolute Gasteiger partial charge is 0.271 e. The first-order chi connectivity index (χ1) is 8.86. The molecule has 1 atom stereocenters. The zero-order chi connectivity index (χ0) is 13.1. The lowest BCUT2D eigenvalue weighted by Crippen LogP contribution is -2.35. The number of nitrogens with two attached hydrogens (primary N) is 1. The molecule has 1 heterocycles. The summed E-state index contributed by atoms with van der Waals surface area (Å²) in [5, 5.41) is 2.15. The molecule has 0 radical (unpaired) electrons. The normalized spacial score (nSPS) is 12.8. The standard InChI is InChI=1S/C15H28N2S/c1-2-3-4-5-6-7-9-14(17-16)11-12-15-10-8-13-18-15/h8,10,13-14,17H,2-7,9,11-12,16H2,1H3. The van der Waals surface area contributed by atoms with Crippen LogP contribution in [0.5, 0.6) is 0 Å². The van der Waals surface area contributed by atoms with Gasteiger partial charge in [-0.05, 0) is 30.7 Å². The van der Waals surface area contributed by atoms with Gasteiger partial charge in [0.1, 0.15) is 0 Å². The van der Waals surface area contributed by atoms with Gasteiger partial charge in [-0.2, -0.15) is 0 Å². The smallest absolute Gasteiger partial charge is 0.0214 e. The van der Waals surface area contributed by atoms with Crippen LogP contribution in [-0.2, 0) is 6.42 Å². The van der Waals surface area contributed by atoms with Crippen molar-refractivity contribution in [1.82, 2.24) is 5.43 Å². The molecular formula is C15H28N2S. The highest BCUT2D eigenvalue weighted by molar-refractivity contribution is 7.09. The van der Waals surface area contributed by atoms with Gasteiger partial charge in [-0.1, -0.05) is 51.5 Å². The van der Waals surface area contributed by atoms with Crippen LogP contribution in [0.4, 0.5) is 0 Å². The molecule has 0 saturated carbocycles. The molecule has 104 valence electrons. The van der Waals surface area contributed by atoms with E-state index in [9.17, 15) is 0 Å². The Bertz CT molecular complexity index is 272. The Labute approximate surface area is 116 Å². The molecule has 0 saturated heterocycles. The minimum Gasteiger partial charge on any atom is -0.271 e. The van der Waals surface area contributed by atoms with Gasteiger partial charge in [0.05, 0.1) is 0 Å². The summed E-state index contributed by atoms with van der Waals surface area (Å²) in [4.78, 5) is 1.47. The summed E-state index contributed by atoms with van der Waals surface area (Å²) in [6.07, 6.45) is 11.7. The number of hydrogen-bond donors (Lipinski definition) is 2. The van der Waals surface area contributed by atoms with Gasteiger partial charge in [-0.15, -0.1) is 11.3 Å². The third kappa shape index (κ3) is 7.14. The van der Waals surface area contributed by atoms with E-state index >= 15 is 0 Å². The van der Waals surface area contributed by atoms with E-state index in [1.54, 1.807) is 0 Å². The van der Waals surface area contributed by atoms with Crippen molar-refractivity contribution in [3.05, 3.63) is 22.4 Å². The second-order valence-corrected chi connectivity index (χ2v) is 6.07. The van der Waals surface area contributed by atoms with Gasteiger partial charge in [0.25, 0.3) is 0 Å². The van der Waals surface area contributed by atoms with E-state index in [1.807, 2.05) is 11.3 Å². The summed E-state index contributed by atoms with van der Waals surface area (Å²) in [6, 6.07) is 4.82. The molecule has 0 amide bonds. The molecule has 0 aliphatic rings. The van der Waals surface area contributed by atoms with E-state index in [0.29, 0.717) is 6.04 Å². The van der Waals surface area contributed by atoms with Crippen molar-refractivity contribution in [1.29, 1.82) is 0 Å². The summed E-state index contributed by atoms with van der Waals surface area (Å²) in [7, 11) is 0. The molecule has 18 heavy (non-hydrogen) atoms. The van der Waals surface area contributed by atoms with Crippen molar-refractivity contribution in [3.63, 3.8) is 0 Å². The molecule has 3 heteroatoms. The fraction of sp³-hybridized carbons (Fsp3) is 0.733. The van der Waals surface area contributed by atoms with Crippen LogP contribution in [0.15, 0.2) is 17.5 Å². The third-order valence-corrected chi connectivity index (χ3v) is 4.40. The SMILES string of the molecule is CCCCCCCCC(CCc1cccs1)NN. The van der Waals surface area contributed by atoms with Gasteiger partial charge in [0.15, 0.2) is 0 Å². The maximum absolute atomic E-state index is 5.63. The monoisotopic (exact) mass is 268 g/mol. The third-order valence-electron chi connectivity index (χ3n) is 3.46. The van der Waals surface area contributed by atoms with E-state index in [4.69, 9.17) is 5.84 Å². The number of aryl methyl sites for hydroxylation is 1. The summed E-state index contributed by atoms with van der Waals surface area (Å²) in [6.45, 7) is 2.26. The first-order valence-electron chi connectivity index (χ1n) is 7.35. The molecule has 0 aromatic carbocycles. The predicted molar refractivity (Wildman–Crippen MR) is 81.7 cm³/mol. The molecule has 0 spiro atoms.